The van der Waals surface area contributed by atoms with Gasteiger partial charge in [0.1, 0.15) is 5.56 Å². The Labute approximate surface area is 87.8 Å². The van der Waals surface area contributed by atoms with Crippen LogP contribution in [0.1, 0.15) is 10.4 Å². The third-order valence-electron chi connectivity index (χ3n) is 1.19. The molecular weight excluding hydrogens is 217 g/mol. The third kappa shape index (κ3) is 3.48. The third-order valence-corrected chi connectivity index (χ3v) is 1.19. The second kappa shape index (κ2) is 6.51. The van der Waals surface area contributed by atoms with E-state index in [0.717, 1.165) is 0 Å². The number of nitrogens with zero attached hydrogens (tertiary/aromatic N) is 1. The number of ether oxygens (including phenoxy) is 1. The number of methoxy groups -OCH3 is 1. The summed E-state index contributed by atoms with van der Waals surface area (Å²) < 4.78 is 4.71. The standard InChI is InChI=1S/C7H7NO3.2ClH/c1-11-6-5(7(9)10)3-2-4-8-6;;/h2-4H,1H3,(H,9,10);2*1H. The first-order valence-corrected chi connectivity index (χ1v) is 2.98. The molecule has 1 rings (SSSR count). The van der Waals surface area contributed by atoms with E-state index in [2.05, 4.69) is 4.98 Å². The molecule has 0 atom stereocenters. The van der Waals surface area contributed by atoms with Crippen LogP contribution in [0.25, 0.3) is 0 Å². The maximum absolute atomic E-state index is 10.5. The van der Waals surface area contributed by atoms with Crippen LogP contribution < -0.4 is 4.74 Å². The van der Waals surface area contributed by atoms with Crippen LogP contribution >= 0.6 is 24.8 Å². The van der Waals surface area contributed by atoms with E-state index in [4.69, 9.17) is 9.84 Å². The van der Waals surface area contributed by atoms with Crippen LogP contribution in [-0.4, -0.2) is 23.2 Å². The van der Waals surface area contributed by atoms with Crippen LogP contribution in [0.5, 0.6) is 5.88 Å². The molecule has 1 heterocycles. The van der Waals surface area contributed by atoms with E-state index in [1.807, 2.05) is 0 Å². The van der Waals surface area contributed by atoms with Crippen LogP contribution in [0.2, 0.25) is 0 Å². The molecule has 0 bridgehead atoms. The van der Waals surface area contributed by atoms with Crippen molar-refractivity contribution in [2.45, 2.75) is 0 Å². The predicted molar refractivity (Wildman–Crippen MR) is 52.2 cm³/mol. The van der Waals surface area contributed by atoms with Gasteiger partial charge in [0.15, 0.2) is 0 Å². The van der Waals surface area contributed by atoms with E-state index in [1.165, 1.54) is 19.4 Å². The monoisotopic (exact) mass is 225 g/mol. The molecule has 1 aromatic rings. The molecule has 0 fully saturated rings. The fourth-order valence-electron chi connectivity index (χ4n) is 0.716. The van der Waals surface area contributed by atoms with E-state index >= 15 is 0 Å². The van der Waals surface area contributed by atoms with Crippen molar-refractivity contribution in [3.8, 4) is 5.88 Å². The molecule has 0 aromatic carbocycles. The molecule has 0 unspecified atom stereocenters. The molecule has 0 aliphatic carbocycles. The van der Waals surface area contributed by atoms with Gasteiger partial charge in [0, 0.05) is 6.20 Å². The Bertz CT molecular complexity index is 280. The van der Waals surface area contributed by atoms with Crippen LogP contribution in [0.3, 0.4) is 0 Å². The minimum absolute atomic E-state index is 0. The summed E-state index contributed by atoms with van der Waals surface area (Å²) in [5.41, 5.74) is 0.0787. The van der Waals surface area contributed by atoms with Crippen molar-refractivity contribution < 1.29 is 14.6 Å². The topological polar surface area (TPSA) is 59.4 Å². The number of carboxylic acid groups (broad SMARTS) is 1. The molecule has 1 aromatic heterocycles. The van der Waals surface area contributed by atoms with E-state index < -0.39 is 5.97 Å². The Morgan fingerprint density at radius 3 is 2.54 bits per heavy atom. The zero-order chi connectivity index (χ0) is 8.27. The first-order valence-electron chi connectivity index (χ1n) is 2.98. The van der Waals surface area contributed by atoms with Gasteiger partial charge in [-0.1, -0.05) is 0 Å². The second-order valence-electron chi connectivity index (χ2n) is 1.87. The number of carboxylic acids is 1. The van der Waals surface area contributed by atoms with Gasteiger partial charge in [-0.2, -0.15) is 0 Å². The number of hydrogen-bond donors (Lipinski definition) is 1. The van der Waals surface area contributed by atoms with Crippen LogP contribution in [-0.2, 0) is 0 Å². The van der Waals surface area contributed by atoms with Gasteiger partial charge in [0.05, 0.1) is 7.11 Å². The summed E-state index contributed by atoms with van der Waals surface area (Å²) in [5, 5.41) is 8.58. The second-order valence-corrected chi connectivity index (χ2v) is 1.87. The summed E-state index contributed by atoms with van der Waals surface area (Å²) in [4.78, 5) is 14.2. The van der Waals surface area contributed by atoms with Crippen molar-refractivity contribution in [2.75, 3.05) is 7.11 Å². The molecule has 1 N–H and O–H groups in total. The zero-order valence-corrected chi connectivity index (χ0v) is 8.39. The summed E-state index contributed by atoms with van der Waals surface area (Å²) >= 11 is 0. The first-order chi connectivity index (χ1) is 5.25. The molecule has 6 heteroatoms. The summed E-state index contributed by atoms with van der Waals surface area (Å²) in [6.45, 7) is 0. The van der Waals surface area contributed by atoms with Crippen molar-refractivity contribution in [3.63, 3.8) is 0 Å². The van der Waals surface area contributed by atoms with E-state index in [1.54, 1.807) is 6.07 Å². The lowest BCUT2D eigenvalue weighted by molar-refractivity contribution is 0.0692. The number of pyridine rings is 1. The summed E-state index contributed by atoms with van der Waals surface area (Å²) in [7, 11) is 1.38. The van der Waals surface area contributed by atoms with E-state index in [-0.39, 0.29) is 36.3 Å². The maximum Gasteiger partial charge on any atom is 0.341 e. The highest BCUT2D eigenvalue weighted by Crippen LogP contribution is 2.12. The Morgan fingerprint density at radius 2 is 2.15 bits per heavy atom. The minimum atomic E-state index is -1.03. The highest BCUT2D eigenvalue weighted by Gasteiger charge is 2.09. The number of hydrogen-bond acceptors (Lipinski definition) is 3. The normalized spacial score (nSPS) is 7.77. The number of carbonyl (C=O) groups is 1. The average molecular weight is 226 g/mol. The fourth-order valence-corrected chi connectivity index (χ4v) is 0.716. The van der Waals surface area contributed by atoms with Gasteiger partial charge < -0.3 is 9.84 Å². The van der Waals surface area contributed by atoms with Crippen LogP contribution in [0.4, 0.5) is 0 Å². The predicted octanol–water partition coefficient (Wildman–Crippen LogP) is 1.63. The Hall–Kier alpha value is -1.00. The van der Waals surface area contributed by atoms with Crippen molar-refractivity contribution >= 4 is 30.8 Å². The lowest BCUT2D eigenvalue weighted by atomic mass is 10.3. The van der Waals surface area contributed by atoms with Gasteiger partial charge >= 0.3 is 5.97 Å². The molecule has 0 aliphatic rings. The molecule has 0 saturated heterocycles. The highest BCUT2D eigenvalue weighted by atomic mass is 35.5. The van der Waals surface area contributed by atoms with Gasteiger partial charge in [-0.25, -0.2) is 9.78 Å². The quantitative estimate of drug-likeness (QED) is 0.832. The summed E-state index contributed by atoms with van der Waals surface area (Å²) in [5.74, 6) is -0.894. The van der Waals surface area contributed by atoms with Crippen molar-refractivity contribution in [1.29, 1.82) is 0 Å². The number of aromatic nitrogens is 1. The Kier molecular flexibility index (Phi) is 7.27. The number of aromatic carboxylic acids is 1. The molecule has 4 nitrogen and oxygen atoms in total. The van der Waals surface area contributed by atoms with E-state index in [0.29, 0.717) is 0 Å². The number of rotatable bonds is 2. The molecular formula is C7H9Cl2NO3. The SMILES string of the molecule is COc1ncccc1C(=O)O.Cl.Cl. The van der Waals surface area contributed by atoms with E-state index in [9.17, 15) is 4.79 Å². The van der Waals surface area contributed by atoms with Gasteiger partial charge in [-0.05, 0) is 12.1 Å². The van der Waals surface area contributed by atoms with Crippen molar-refractivity contribution in [1.82, 2.24) is 4.98 Å². The lowest BCUT2D eigenvalue weighted by Gasteiger charge is -2.00. The molecule has 74 valence electrons. The zero-order valence-electron chi connectivity index (χ0n) is 6.76. The number of halogens is 2. The van der Waals surface area contributed by atoms with Gasteiger partial charge in [0.2, 0.25) is 5.88 Å². The Morgan fingerprint density at radius 1 is 1.54 bits per heavy atom. The minimum Gasteiger partial charge on any atom is -0.480 e. The van der Waals surface area contributed by atoms with Crippen LogP contribution in [0.15, 0.2) is 18.3 Å². The van der Waals surface area contributed by atoms with Crippen molar-refractivity contribution in [3.05, 3.63) is 23.9 Å². The van der Waals surface area contributed by atoms with Crippen molar-refractivity contribution in [2.24, 2.45) is 0 Å². The maximum atomic E-state index is 10.5. The fraction of sp³-hybridized carbons (Fsp3) is 0.143. The molecule has 0 radical (unpaired) electrons. The average Bonchev–Trinajstić information content (AvgIpc) is 2.04. The summed E-state index contributed by atoms with van der Waals surface area (Å²) in [6, 6.07) is 2.99. The Balaban J connectivity index is 0. The highest BCUT2D eigenvalue weighted by molar-refractivity contribution is 5.90. The molecule has 0 spiro atoms. The van der Waals surface area contributed by atoms with Crippen LogP contribution in [0, 0.1) is 0 Å². The van der Waals surface area contributed by atoms with Gasteiger partial charge in [-0.3, -0.25) is 0 Å². The summed E-state index contributed by atoms with van der Waals surface area (Å²) in [6.07, 6.45) is 1.48. The molecule has 0 amide bonds. The largest absolute Gasteiger partial charge is 0.480 e. The van der Waals surface area contributed by atoms with Gasteiger partial charge in [0.25, 0.3) is 0 Å². The lowest BCUT2D eigenvalue weighted by Crippen LogP contribution is -2.01. The molecule has 0 saturated carbocycles. The molecule has 0 aliphatic heterocycles. The first kappa shape index (κ1) is 14.5. The van der Waals surface area contributed by atoms with Gasteiger partial charge in [-0.15, -0.1) is 24.8 Å². The smallest absolute Gasteiger partial charge is 0.341 e. The molecule has 13 heavy (non-hydrogen) atoms.